The first-order chi connectivity index (χ1) is 15.3. The first-order valence-corrected chi connectivity index (χ1v) is 11.5. The summed E-state index contributed by atoms with van der Waals surface area (Å²) in [4.78, 5) is 17.8. The molecule has 2 heterocycles. The van der Waals surface area contributed by atoms with Gasteiger partial charge in [-0.15, -0.1) is 12.4 Å². The van der Waals surface area contributed by atoms with Gasteiger partial charge in [-0.05, 0) is 43.0 Å². The fraction of sp³-hybridized carbons (Fsp3) is 0.500. The average molecular weight is 479 g/mol. The van der Waals surface area contributed by atoms with Crippen LogP contribution in [-0.4, -0.2) is 53.0 Å². The third-order valence-electron chi connectivity index (χ3n) is 7.70. The Morgan fingerprint density at radius 2 is 1.82 bits per heavy atom. The molecule has 1 N–H and O–H groups in total. The van der Waals surface area contributed by atoms with Crippen molar-refractivity contribution >= 4 is 18.3 Å². The SMILES string of the molecule is CCN1C[C@@H](C(=O)N2CC[C@H](C)[C@@](O)(c3ccccc3)[C@@H]2C)[C@H](c2ccc(F)cc2F)C1.Cl. The lowest BCUT2D eigenvalue weighted by Crippen LogP contribution is -2.60. The van der Waals surface area contributed by atoms with Gasteiger partial charge in [-0.3, -0.25) is 4.79 Å². The van der Waals surface area contributed by atoms with Crippen LogP contribution in [0, 0.1) is 23.5 Å². The average Bonchev–Trinajstić information content (AvgIpc) is 3.22. The number of likely N-dealkylation sites (tertiary alicyclic amines) is 2. The maximum absolute atomic E-state index is 14.7. The van der Waals surface area contributed by atoms with Gasteiger partial charge in [-0.2, -0.15) is 0 Å². The second kappa shape index (κ2) is 10.1. The Morgan fingerprint density at radius 3 is 2.45 bits per heavy atom. The zero-order valence-electron chi connectivity index (χ0n) is 19.4. The van der Waals surface area contributed by atoms with Crippen LogP contribution in [0.2, 0.25) is 0 Å². The Morgan fingerprint density at radius 1 is 1.12 bits per heavy atom. The van der Waals surface area contributed by atoms with Gasteiger partial charge in [-0.25, -0.2) is 8.78 Å². The lowest BCUT2D eigenvalue weighted by molar-refractivity contribution is -0.159. The number of piperidine rings is 1. The summed E-state index contributed by atoms with van der Waals surface area (Å²) < 4.78 is 28.2. The second-order valence-corrected chi connectivity index (χ2v) is 9.32. The van der Waals surface area contributed by atoms with Crippen LogP contribution in [0.3, 0.4) is 0 Å². The van der Waals surface area contributed by atoms with Crippen LogP contribution in [0.25, 0.3) is 0 Å². The molecule has 33 heavy (non-hydrogen) atoms. The fourth-order valence-electron chi connectivity index (χ4n) is 5.65. The van der Waals surface area contributed by atoms with E-state index < -0.39 is 29.2 Å². The number of rotatable bonds is 4. The van der Waals surface area contributed by atoms with Crippen LogP contribution in [0.15, 0.2) is 48.5 Å². The highest BCUT2D eigenvalue weighted by atomic mass is 35.5. The van der Waals surface area contributed by atoms with Gasteiger partial charge < -0.3 is 14.9 Å². The van der Waals surface area contributed by atoms with E-state index in [4.69, 9.17) is 0 Å². The summed E-state index contributed by atoms with van der Waals surface area (Å²) in [5.74, 6) is -2.09. The number of hydrogen-bond donors (Lipinski definition) is 1. The molecule has 2 aliphatic rings. The molecule has 0 saturated carbocycles. The van der Waals surface area contributed by atoms with E-state index in [0.29, 0.717) is 31.6 Å². The van der Waals surface area contributed by atoms with E-state index in [2.05, 4.69) is 4.90 Å². The van der Waals surface area contributed by atoms with Crippen molar-refractivity contribution in [3.05, 3.63) is 71.3 Å². The van der Waals surface area contributed by atoms with Crippen molar-refractivity contribution < 1.29 is 18.7 Å². The number of aliphatic hydroxyl groups is 1. The number of likely N-dealkylation sites (N-methyl/N-ethyl adjacent to an activating group) is 1. The van der Waals surface area contributed by atoms with Crippen molar-refractivity contribution in [1.82, 2.24) is 9.80 Å². The molecule has 180 valence electrons. The van der Waals surface area contributed by atoms with Gasteiger partial charge >= 0.3 is 0 Å². The molecule has 5 atom stereocenters. The largest absolute Gasteiger partial charge is 0.383 e. The van der Waals surface area contributed by atoms with Gasteiger partial charge in [0.15, 0.2) is 0 Å². The Balaban J connectivity index is 0.00000306. The van der Waals surface area contributed by atoms with Crippen molar-refractivity contribution in [3.63, 3.8) is 0 Å². The minimum absolute atomic E-state index is 0. The molecule has 0 aromatic heterocycles. The molecule has 2 aromatic carbocycles. The maximum atomic E-state index is 14.7. The van der Waals surface area contributed by atoms with Crippen molar-refractivity contribution in [1.29, 1.82) is 0 Å². The quantitative estimate of drug-likeness (QED) is 0.700. The second-order valence-electron chi connectivity index (χ2n) is 9.32. The van der Waals surface area contributed by atoms with Crippen LogP contribution in [0.4, 0.5) is 8.78 Å². The molecule has 2 fully saturated rings. The molecule has 0 aliphatic carbocycles. The summed E-state index contributed by atoms with van der Waals surface area (Å²) in [6, 6.07) is 12.7. The topological polar surface area (TPSA) is 43.8 Å². The summed E-state index contributed by atoms with van der Waals surface area (Å²) in [5, 5.41) is 11.8. The van der Waals surface area contributed by atoms with Crippen molar-refractivity contribution in [3.8, 4) is 0 Å². The zero-order valence-corrected chi connectivity index (χ0v) is 20.2. The highest BCUT2D eigenvalue weighted by Crippen LogP contribution is 2.43. The minimum Gasteiger partial charge on any atom is -0.383 e. The molecule has 4 rings (SSSR count). The van der Waals surface area contributed by atoms with E-state index in [1.165, 1.54) is 12.1 Å². The third-order valence-corrected chi connectivity index (χ3v) is 7.70. The summed E-state index contributed by atoms with van der Waals surface area (Å²) in [7, 11) is 0. The molecule has 2 aliphatic heterocycles. The van der Waals surface area contributed by atoms with E-state index >= 15 is 0 Å². The van der Waals surface area contributed by atoms with Crippen molar-refractivity contribution in [2.24, 2.45) is 11.8 Å². The van der Waals surface area contributed by atoms with Crippen LogP contribution < -0.4 is 0 Å². The summed E-state index contributed by atoms with van der Waals surface area (Å²) in [6.07, 6.45) is 0.682. The third kappa shape index (κ3) is 4.53. The Hall–Kier alpha value is -2.02. The highest BCUT2D eigenvalue weighted by Gasteiger charge is 2.50. The summed E-state index contributed by atoms with van der Waals surface area (Å²) in [6.45, 7) is 8.33. The van der Waals surface area contributed by atoms with Gasteiger partial charge in [0.1, 0.15) is 17.2 Å². The molecule has 2 saturated heterocycles. The lowest BCUT2D eigenvalue weighted by atomic mass is 9.72. The van der Waals surface area contributed by atoms with Gasteiger partial charge in [0.05, 0.1) is 12.0 Å². The Labute approximate surface area is 201 Å². The van der Waals surface area contributed by atoms with E-state index in [9.17, 15) is 18.7 Å². The number of halogens is 3. The molecule has 4 nitrogen and oxygen atoms in total. The fourth-order valence-corrected chi connectivity index (χ4v) is 5.65. The summed E-state index contributed by atoms with van der Waals surface area (Å²) in [5.41, 5.74) is 0.0340. The molecule has 0 radical (unpaired) electrons. The highest BCUT2D eigenvalue weighted by molar-refractivity contribution is 5.85. The Kier molecular flexibility index (Phi) is 7.82. The lowest BCUT2D eigenvalue weighted by Gasteiger charge is -2.50. The Bertz CT molecular complexity index is 976. The molecule has 1 amide bonds. The number of carbonyl (C=O) groups excluding carboxylic acids is 1. The number of amides is 1. The van der Waals surface area contributed by atoms with Gasteiger partial charge in [-0.1, -0.05) is 50.2 Å². The van der Waals surface area contributed by atoms with E-state index in [0.717, 1.165) is 18.2 Å². The van der Waals surface area contributed by atoms with Gasteiger partial charge in [0, 0.05) is 31.6 Å². The predicted molar refractivity (Wildman–Crippen MR) is 127 cm³/mol. The molecule has 7 heteroatoms. The molecule has 0 spiro atoms. The molecular formula is C26H33ClF2N2O2. The van der Waals surface area contributed by atoms with Crippen LogP contribution in [0.1, 0.15) is 44.2 Å². The summed E-state index contributed by atoms with van der Waals surface area (Å²) >= 11 is 0. The van der Waals surface area contributed by atoms with Crippen molar-refractivity contribution in [2.45, 2.75) is 44.8 Å². The number of nitrogens with zero attached hydrogens (tertiary/aromatic N) is 2. The van der Waals surface area contributed by atoms with E-state index in [1.54, 1.807) is 4.90 Å². The van der Waals surface area contributed by atoms with Crippen LogP contribution in [0.5, 0.6) is 0 Å². The van der Waals surface area contributed by atoms with E-state index in [1.807, 2.05) is 51.1 Å². The van der Waals surface area contributed by atoms with E-state index in [-0.39, 0.29) is 30.2 Å². The number of benzene rings is 2. The zero-order chi connectivity index (χ0) is 23.0. The molecule has 0 unspecified atom stereocenters. The van der Waals surface area contributed by atoms with Crippen LogP contribution in [-0.2, 0) is 10.4 Å². The van der Waals surface area contributed by atoms with Gasteiger partial charge in [0.2, 0.25) is 5.91 Å². The first kappa shape index (κ1) is 25.6. The standard InChI is InChI=1S/C26H32F2N2O2.ClH/c1-4-29-15-22(21-11-10-20(27)14-24(21)28)23(16-29)25(31)30-13-12-17(2)26(32,18(30)3)19-8-6-5-7-9-19;/h5-11,14,17-18,22-23,32H,4,12-13,15-16H2,1-3H3;1H/t17-,18-,22-,23+,26-;/m0./s1. The van der Waals surface area contributed by atoms with Crippen molar-refractivity contribution in [2.75, 3.05) is 26.2 Å². The first-order valence-electron chi connectivity index (χ1n) is 11.5. The van der Waals surface area contributed by atoms with Gasteiger partial charge in [0.25, 0.3) is 0 Å². The predicted octanol–water partition coefficient (Wildman–Crippen LogP) is 4.57. The number of hydrogen-bond acceptors (Lipinski definition) is 3. The van der Waals surface area contributed by atoms with Crippen LogP contribution >= 0.6 is 12.4 Å². The maximum Gasteiger partial charge on any atom is 0.227 e. The number of carbonyl (C=O) groups is 1. The normalized spacial score (nSPS) is 30.2. The minimum atomic E-state index is -1.16. The molecule has 0 bridgehead atoms. The monoisotopic (exact) mass is 478 g/mol. The smallest absolute Gasteiger partial charge is 0.227 e. The molecular weight excluding hydrogens is 446 g/mol. The molecule has 2 aromatic rings.